The molecule has 1 unspecified atom stereocenters. The molecule has 0 aromatic heterocycles. The molecule has 0 aliphatic rings. The van der Waals surface area contributed by atoms with Crippen LogP contribution in [0.5, 0.6) is 0 Å². The van der Waals surface area contributed by atoms with Crippen LogP contribution in [0.3, 0.4) is 0 Å². The van der Waals surface area contributed by atoms with E-state index in [2.05, 4.69) is 46.1 Å². The van der Waals surface area contributed by atoms with E-state index in [1.807, 2.05) is 6.92 Å². The van der Waals surface area contributed by atoms with Crippen LogP contribution in [0.1, 0.15) is 92.9 Å². The second-order valence-electron chi connectivity index (χ2n) is 8.53. The van der Waals surface area contributed by atoms with E-state index in [9.17, 15) is 5.11 Å². The summed E-state index contributed by atoms with van der Waals surface area (Å²) in [7, 11) is 1.70. The maximum atomic E-state index is 10.4. The van der Waals surface area contributed by atoms with Gasteiger partial charge in [0.15, 0.2) is 0 Å². The smallest absolute Gasteiger partial charge is 0.0694 e. The van der Waals surface area contributed by atoms with Crippen LogP contribution >= 0.6 is 0 Å². The molecule has 0 fully saturated rings. The zero-order chi connectivity index (χ0) is 21.8. The fourth-order valence-electron chi connectivity index (χ4n) is 2.82. The van der Waals surface area contributed by atoms with Gasteiger partial charge in [-0.05, 0) is 59.5 Å². The molecule has 0 aliphatic heterocycles. The van der Waals surface area contributed by atoms with Crippen molar-refractivity contribution in [1.29, 1.82) is 0 Å². The molecule has 4 nitrogen and oxygen atoms in total. The summed E-state index contributed by atoms with van der Waals surface area (Å²) in [4.78, 5) is 2.42. The highest BCUT2D eigenvalue weighted by molar-refractivity contribution is 4.86. The largest absolute Gasteiger partial charge is 0.392 e. The fourth-order valence-corrected chi connectivity index (χ4v) is 2.82. The Hall–Kier alpha value is -0.420. The molecular formula is C24H51NO3. The predicted molar refractivity (Wildman–Crippen MR) is 123 cm³/mol. The Morgan fingerprint density at radius 3 is 1.93 bits per heavy atom. The molecule has 0 aromatic rings. The van der Waals surface area contributed by atoms with Gasteiger partial charge in [-0.25, -0.2) is 0 Å². The molecule has 0 amide bonds. The van der Waals surface area contributed by atoms with Crippen molar-refractivity contribution >= 4 is 0 Å². The first kappa shape index (κ1) is 29.8. The Morgan fingerprint density at radius 2 is 1.54 bits per heavy atom. The minimum atomic E-state index is -0.296. The van der Waals surface area contributed by atoms with Gasteiger partial charge in [-0.1, -0.05) is 45.6 Å². The Balaban J connectivity index is 0. The first-order valence-corrected chi connectivity index (χ1v) is 11.4. The molecule has 0 rings (SSSR count). The first-order chi connectivity index (χ1) is 13.2. The van der Waals surface area contributed by atoms with Crippen molar-refractivity contribution in [2.45, 2.75) is 105 Å². The molecule has 1 atom stereocenters. The first-order valence-electron chi connectivity index (χ1n) is 11.4. The Labute approximate surface area is 176 Å². The summed E-state index contributed by atoms with van der Waals surface area (Å²) in [5, 5.41) is 10.4. The average Bonchev–Trinajstić information content (AvgIpc) is 2.62. The van der Waals surface area contributed by atoms with Crippen molar-refractivity contribution in [3.63, 3.8) is 0 Å². The highest BCUT2D eigenvalue weighted by atomic mass is 16.5. The summed E-state index contributed by atoms with van der Waals surface area (Å²) in [6.07, 6.45) is 8.51. The third-order valence-corrected chi connectivity index (χ3v) is 4.58. The van der Waals surface area contributed by atoms with Gasteiger partial charge in [-0.2, -0.15) is 0 Å². The van der Waals surface area contributed by atoms with E-state index in [0.29, 0.717) is 6.42 Å². The maximum Gasteiger partial charge on any atom is 0.0694 e. The summed E-state index contributed by atoms with van der Waals surface area (Å²) < 4.78 is 10.7. The number of rotatable bonds is 17. The van der Waals surface area contributed by atoms with Gasteiger partial charge in [-0.15, -0.1) is 6.58 Å². The van der Waals surface area contributed by atoms with Gasteiger partial charge >= 0.3 is 0 Å². The van der Waals surface area contributed by atoms with E-state index >= 15 is 0 Å². The number of hydrogen-bond acceptors (Lipinski definition) is 4. The molecule has 0 aliphatic carbocycles. The summed E-state index contributed by atoms with van der Waals surface area (Å²) >= 11 is 0. The maximum absolute atomic E-state index is 10.4. The Kier molecular flexibility index (Phi) is 21.1. The lowest BCUT2D eigenvalue weighted by atomic mass is 10.00. The van der Waals surface area contributed by atoms with Crippen LogP contribution in [0, 0.1) is 0 Å². The van der Waals surface area contributed by atoms with Crippen molar-refractivity contribution in [3.8, 4) is 0 Å². The lowest BCUT2D eigenvalue weighted by Crippen LogP contribution is -2.39. The number of unbranched alkanes of at least 4 members (excludes halogenated alkanes) is 3. The summed E-state index contributed by atoms with van der Waals surface area (Å²) in [5.41, 5.74) is 0.956. The molecule has 0 saturated carbocycles. The van der Waals surface area contributed by atoms with Crippen molar-refractivity contribution in [3.05, 3.63) is 12.2 Å². The minimum Gasteiger partial charge on any atom is -0.392 e. The number of ether oxygens (including phenoxy) is 2. The van der Waals surface area contributed by atoms with Gasteiger partial charge in [0.2, 0.25) is 0 Å². The van der Waals surface area contributed by atoms with Gasteiger partial charge in [0.1, 0.15) is 0 Å². The third-order valence-electron chi connectivity index (χ3n) is 4.58. The Bertz CT molecular complexity index is 337. The molecule has 0 saturated heterocycles. The lowest BCUT2D eigenvalue weighted by molar-refractivity contribution is -0.0550. The zero-order valence-corrected chi connectivity index (χ0v) is 20.2. The third kappa shape index (κ3) is 21.9. The molecular weight excluding hydrogens is 350 g/mol. The molecule has 28 heavy (non-hydrogen) atoms. The van der Waals surface area contributed by atoms with Crippen molar-refractivity contribution < 1.29 is 14.6 Å². The van der Waals surface area contributed by atoms with Gasteiger partial charge in [0.25, 0.3) is 0 Å². The van der Waals surface area contributed by atoms with Gasteiger partial charge in [-0.3, -0.25) is 0 Å². The number of hydrogen-bond donors (Lipinski definition) is 1. The molecule has 4 heteroatoms. The van der Waals surface area contributed by atoms with E-state index in [0.717, 1.165) is 52.1 Å². The van der Waals surface area contributed by atoms with Gasteiger partial charge < -0.3 is 19.5 Å². The summed E-state index contributed by atoms with van der Waals surface area (Å²) in [6.45, 7) is 21.1. The second kappa shape index (κ2) is 19.9. The number of nitrogens with zero attached hydrogens (tertiary/aromatic N) is 1. The molecule has 0 bridgehead atoms. The minimum absolute atomic E-state index is 0.226. The van der Waals surface area contributed by atoms with Crippen LogP contribution in [-0.4, -0.2) is 61.7 Å². The zero-order valence-electron chi connectivity index (χ0n) is 20.2. The van der Waals surface area contributed by atoms with Crippen LogP contribution < -0.4 is 0 Å². The predicted octanol–water partition coefficient (Wildman–Crippen LogP) is 5.83. The topological polar surface area (TPSA) is 41.9 Å². The van der Waals surface area contributed by atoms with Crippen molar-refractivity contribution in [2.75, 3.05) is 40.0 Å². The van der Waals surface area contributed by atoms with Gasteiger partial charge in [0.05, 0.1) is 11.7 Å². The van der Waals surface area contributed by atoms with Crippen LogP contribution in [0.2, 0.25) is 0 Å². The van der Waals surface area contributed by atoms with Crippen molar-refractivity contribution in [1.82, 2.24) is 4.90 Å². The molecule has 0 aromatic carbocycles. The standard InChI is InChI=1S/C18H39NO2.C6H12O/c1-6-9-12-19(13-10-7-2)16-17(20)15-18(4,5)21-14-11-8-3;1-6(2)4-5-7-3/h17,20H,6-16H2,1-5H3;1,4-5H2,2-3H3. The highest BCUT2D eigenvalue weighted by Crippen LogP contribution is 2.18. The van der Waals surface area contributed by atoms with Gasteiger partial charge in [0, 0.05) is 33.3 Å². The summed E-state index contributed by atoms with van der Waals surface area (Å²) in [5.74, 6) is 0. The fraction of sp³-hybridized carbons (Fsp3) is 0.917. The normalized spacial score (nSPS) is 12.6. The monoisotopic (exact) mass is 401 g/mol. The van der Waals surface area contributed by atoms with E-state index in [1.54, 1.807) is 7.11 Å². The SMILES string of the molecule is C=C(C)CCOC.CCCCOC(C)(C)CC(O)CN(CCCC)CCCC. The van der Waals surface area contributed by atoms with Crippen LogP contribution in [0.25, 0.3) is 0 Å². The van der Waals surface area contributed by atoms with Crippen LogP contribution in [-0.2, 0) is 9.47 Å². The molecule has 0 radical (unpaired) electrons. The molecule has 0 heterocycles. The quantitative estimate of drug-likeness (QED) is 0.246. The molecule has 1 N–H and O–H groups in total. The highest BCUT2D eigenvalue weighted by Gasteiger charge is 2.24. The Morgan fingerprint density at radius 1 is 1.00 bits per heavy atom. The molecule has 0 spiro atoms. The second-order valence-corrected chi connectivity index (χ2v) is 8.53. The van der Waals surface area contributed by atoms with Crippen molar-refractivity contribution in [2.24, 2.45) is 0 Å². The van der Waals surface area contributed by atoms with E-state index in [4.69, 9.17) is 9.47 Å². The lowest BCUT2D eigenvalue weighted by Gasteiger charge is -2.31. The number of methoxy groups -OCH3 is 1. The molecule has 170 valence electrons. The van der Waals surface area contributed by atoms with E-state index < -0.39 is 0 Å². The number of aliphatic hydroxyl groups is 1. The van der Waals surface area contributed by atoms with E-state index in [1.165, 1.54) is 31.3 Å². The average molecular weight is 402 g/mol. The number of aliphatic hydroxyl groups excluding tert-OH is 1. The van der Waals surface area contributed by atoms with Crippen LogP contribution in [0.15, 0.2) is 12.2 Å². The van der Waals surface area contributed by atoms with E-state index in [-0.39, 0.29) is 11.7 Å². The van der Waals surface area contributed by atoms with Crippen LogP contribution in [0.4, 0.5) is 0 Å². The summed E-state index contributed by atoms with van der Waals surface area (Å²) in [6, 6.07) is 0.